The first-order valence-corrected chi connectivity index (χ1v) is 6.88. The number of Topliss-reactive ketones (excluding diaryl/α,β-unsaturated/α-hetero) is 1. The first-order chi connectivity index (χ1) is 9.35. The Morgan fingerprint density at radius 2 is 1.71 bits per heavy atom. The van der Waals surface area contributed by atoms with E-state index in [1.807, 2.05) is 32.0 Å². The lowest BCUT2D eigenvalue weighted by molar-refractivity contribution is -0.131. The molecule has 0 atom stereocenters. The van der Waals surface area contributed by atoms with Crippen LogP contribution in [0.2, 0.25) is 0 Å². The topological polar surface area (TPSA) is 63.4 Å². The molecular weight excluding hydrogens is 288 g/mol. The van der Waals surface area contributed by atoms with Crippen molar-refractivity contribution in [2.24, 2.45) is 11.1 Å². The van der Waals surface area contributed by atoms with Crippen LogP contribution in [0, 0.1) is 5.41 Å². The molecule has 4 nitrogen and oxygen atoms in total. The zero-order chi connectivity index (χ0) is 15.2. The van der Waals surface area contributed by atoms with E-state index in [1.165, 1.54) is 0 Å². The molecule has 1 aromatic carbocycles. The van der Waals surface area contributed by atoms with Gasteiger partial charge in [0.15, 0.2) is 5.78 Å². The summed E-state index contributed by atoms with van der Waals surface area (Å²) in [5, 5.41) is 0. The average molecular weight is 313 g/mol. The summed E-state index contributed by atoms with van der Waals surface area (Å²) in [6, 6.07) is 9.06. The molecule has 1 aromatic rings. The number of amides is 1. The normalized spacial score (nSPS) is 10.7. The van der Waals surface area contributed by atoms with E-state index in [4.69, 9.17) is 5.73 Å². The zero-order valence-corrected chi connectivity index (χ0v) is 13.8. The van der Waals surface area contributed by atoms with E-state index < -0.39 is 0 Å². The Labute approximate surface area is 133 Å². The molecular formula is C16H25ClN2O2. The Bertz CT molecular complexity index is 461. The third-order valence-electron chi connectivity index (χ3n) is 3.31. The van der Waals surface area contributed by atoms with Gasteiger partial charge in [-0.25, -0.2) is 0 Å². The fraction of sp³-hybridized carbons (Fsp3) is 0.500. The minimum atomic E-state index is -0.103. The molecule has 0 aliphatic rings. The molecule has 0 fully saturated rings. The van der Waals surface area contributed by atoms with Gasteiger partial charge in [0.1, 0.15) is 0 Å². The van der Waals surface area contributed by atoms with Gasteiger partial charge in [-0.15, -0.1) is 12.4 Å². The molecule has 1 amide bonds. The largest absolute Gasteiger partial charge is 0.345 e. The van der Waals surface area contributed by atoms with Crippen LogP contribution in [0.5, 0.6) is 0 Å². The fourth-order valence-corrected chi connectivity index (χ4v) is 1.97. The van der Waals surface area contributed by atoms with Gasteiger partial charge in [-0.1, -0.05) is 44.2 Å². The number of hydrogen-bond acceptors (Lipinski definition) is 3. The molecule has 0 bridgehead atoms. The molecule has 0 saturated heterocycles. The zero-order valence-electron chi connectivity index (χ0n) is 13.0. The standard InChI is InChI=1S/C16H24N2O2.ClH/c1-16(2,11-17)12-18(3)15(20)10-9-14(19)13-7-5-4-6-8-13;/h4-8H,9-12,17H2,1-3H3;1H. The first kappa shape index (κ1) is 19.6. The van der Waals surface area contributed by atoms with Gasteiger partial charge >= 0.3 is 0 Å². The maximum absolute atomic E-state index is 12.0. The summed E-state index contributed by atoms with van der Waals surface area (Å²) in [6.07, 6.45) is 0.487. The smallest absolute Gasteiger partial charge is 0.222 e. The molecule has 118 valence electrons. The molecule has 1 rings (SSSR count). The van der Waals surface area contributed by atoms with Gasteiger partial charge in [0, 0.05) is 32.0 Å². The van der Waals surface area contributed by atoms with E-state index in [0.29, 0.717) is 18.7 Å². The number of benzene rings is 1. The summed E-state index contributed by atoms with van der Waals surface area (Å²) >= 11 is 0. The molecule has 0 saturated carbocycles. The number of rotatable bonds is 7. The number of nitrogens with zero attached hydrogens (tertiary/aromatic N) is 1. The van der Waals surface area contributed by atoms with Crippen LogP contribution in [0.3, 0.4) is 0 Å². The summed E-state index contributed by atoms with van der Waals surface area (Å²) in [6.45, 7) is 5.16. The highest BCUT2D eigenvalue weighted by Gasteiger charge is 2.21. The maximum atomic E-state index is 12.0. The van der Waals surface area contributed by atoms with Gasteiger partial charge < -0.3 is 10.6 Å². The number of hydrogen-bond donors (Lipinski definition) is 1. The Hall–Kier alpha value is -1.39. The van der Waals surface area contributed by atoms with Crippen molar-refractivity contribution in [2.45, 2.75) is 26.7 Å². The average Bonchev–Trinajstić information content (AvgIpc) is 2.44. The quantitative estimate of drug-likeness (QED) is 0.787. The summed E-state index contributed by atoms with van der Waals surface area (Å²) in [7, 11) is 1.76. The van der Waals surface area contributed by atoms with E-state index in [2.05, 4.69) is 0 Å². The molecule has 0 radical (unpaired) electrons. The number of carbonyl (C=O) groups is 2. The molecule has 21 heavy (non-hydrogen) atoms. The van der Waals surface area contributed by atoms with E-state index in [1.54, 1.807) is 24.1 Å². The molecule has 0 aliphatic heterocycles. The van der Waals surface area contributed by atoms with Crippen LogP contribution in [0.1, 0.15) is 37.0 Å². The van der Waals surface area contributed by atoms with Crippen LogP contribution >= 0.6 is 12.4 Å². The highest BCUT2D eigenvalue weighted by Crippen LogP contribution is 2.15. The molecule has 0 aromatic heterocycles. The van der Waals surface area contributed by atoms with Crippen molar-refractivity contribution in [3.05, 3.63) is 35.9 Å². The molecule has 0 spiro atoms. The summed E-state index contributed by atoms with van der Waals surface area (Å²) in [5.74, 6) is -0.0127. The van der Waals surface area contributed by atoms with E-state index >= 15 is 0 Å². The third kappa shape index (κ3) is 6.74. The van der Waals surface area contributed by atoms with Crippen LogP contribution in [-0.2, 0) is 4.79 Å². The molecule has 5 heteroatoms. The first-order valence-electron chi connectivity index (χ1n) is 6.88. The second-order valence-electron chi connectivity index (χ2n) is 5.91. The lowest BCUT2D eigenvalue weighted by atomic mass is 9.93. The van der Waals surface area contributed by atoms with E-state index in [-0.39, 0.29) is 42.4 Å². The second kappa shape index (κ2) is 8.80. The highest BCUT2D eigenvalue weighted by atomic mass is 35.5. The van der Waals surface area contributed by atoms with Crippen molar-refractivity contribution in [2.75, 3.05) is 20.1 Å². The van der Waals surface area contributed by atoms with Gasteiger partial charge in [-0.2, -0.15) is 0 Å². The Morgan fingerprint density at radius 3 is 2.24 bits per heavy atom. The lowest BCUT2D eigenvalue weighted by Gasteiger charge is -2.29. The molecule has 0 heterocycles. The van der Waals surface area contributed by atoms with Crippen molar-refractivity contribution >= 4 is 24.1 Å². The number of carbonyl (C=O) groups excluding carboxylic acids is 2. The van der Waals surface area contributed by atoms with Gasteiger partial charge in [-0.3, -0.25) is 9.59 Å². The number of halogens is 1. The van der Waals surface area contributed by atoms with Crippen LogP contribution in [-0.4, -0.2) is 36.7 Å². The van der Waals surface area contributed by atoms with Crippen molar-refractivity contribution in [3.8, 4) is 0 Å². The monoisotopic (exact) mass is 312 g/mol. The summed E-state index contributed by atoms with van der Waals surface area (Å²) < 4.78 is 0. The predicted octanol–water partition coefficient (Wildman–Crippen LogP) is 2.51. The summed E-state index contributed by atoms with van der Waals surface area (Å²) in [4.78, 5) is 25.6. The number of ketones is 1. The van der Waals surface area contributed by atoms with Gasteiger partial charge in [0.25, 0.3) is 0 Å². The SMILES string of the molecule is CN(CC(C)(C)CN)C(=O)CCC(=O)c1ccccc1.Cl. The third-order valence-corrected chi connectivity index (χ3v) is 3.31. The van der Waals surface area contributed by atoms with Gasteiger partial charge in [-0.05, 0) is 12.0 Å². The van der Waals surface area contributed by atoms with Gasteiger partial charge in [0.05, 0.1) is 0 Å². The molecule has 0 unspecified atom stereocenters. The summed E-state index contributed by atoms with van der Waals surface area (Å²) in [5.41, 5.74) is 6.22. The van der Waals surface area contributed by atoms with Crippen molar-refractivity contribution in [1.82, 2.24) is 4.90 Å². The number of nitrogens with two attached hydrogens (primary N) is 1. The maximum Gasteiger partial charge on any atom is 0.222 e. The van der Waals surface area contributed by atoms with Crippen molar-refractivity contribution in [1.29, 1.82) is 0 Å². The van der Waals surface area contributed by atoms with E-state index in [0.717, 1.165) is 0 Å². The fourth-order valence-electron chi connectivity index (χ4n) is 1.97. The minimum Gasteiger partial charge on any atom is -0.345 e. The Balaban J connectivity index is 0.00000400. The predicted molar refractivity (Wildman–Crippen MR) is 87.7 cm³/mol. The van der Waals surface area contributed by atoms with Crippen LogP contribution in [0.4, 0.5) is 0 Å². The van der Waals surface area contributed by atoms with Crippen molar-refractivity contribution < 1.29 is 9.59 Å². The van der Waals surface area contributed by atoms with Gasteiger partial charge in [0.2, 0.25) is 5.91 Å². The Kier molecular flexibility index (Phi) is 8.22. The Morgan fingerprint density at radius 1 is 1.14 bits per heavy atom. The lowest BCUT2D eigenvalue weighted by Crippen LogP contribution is -2.39. The minimum absolute atomic E-state index is 0. The highest BCUT2D eigenvalue weighted by molar-refractivity contribution is 5.97. The van der Waals surface area contributed by atoms with Crippen LogP contribution in [0.25, 0.3) is 0 Å². The molecule has 0 aliphatic carbocycles. The van der Waals surface area contributed by atoms with E-state index in [9.17, 15) is 9.59 Å². The van der Waals surface area contributed by atoms with Crippen molar-refractivity contribution in [3.63, 3.8) is 0 Å². The molecule has 2 N–H and O–H groups in total. The second-order valence-corrected chi connectivity index (χ2v) is 5.91. The van der Waals surface area contributed by atoms with Crippen LogP contribution in [0.15, 0.2) is 30.3 Å². The van der Waals surface area contributed by atoms with Crippen LogP contribution < -0.4 is 5.73 Å².